The summed E-state index contributed by atoms with van der Waals surface area (Å²) in [7, 11) is 0. The molecule has 0 saturated heterocycles. The first-order valence-corrected chi connectivity index (χ1v) is 22.0. The summed E-state index contributed by atoms with van der Waals surface area (Å²) in [6.07, 6.45) is 0. The molecular formula is C57H35N5S. The predicted molar refractivity (Wildman–Crippen MR) is 263 cm³/mol. The second-order valence-electron chi connectivity index (χ2n) is 15.9. The fourth-order valence-corrected chi connectivity index (χ4v) is 10.9. The van der Waals surface area contributed by atoms with Crippen molar-refractivity contribution in [2.75, 3.05) is 0 Å². The van der Waals surface area contributed by atoms with Gasteiger partial charge in [0.1, 0.15) is 0 Å². The molecule has 5 nitrogen and oxygen atoms in total. The molecule has 0 aliphatic carbocycles. The molecule has 0 N–H and O–H groups in total. The number of rotatable bonds is 6. The van der Waals surface area contributed by atoms with Crippen LogP contribution in [0.3, 0.4) is 0 Å². The number of para-hydroxylation sites is 3. The highest BCUT2D eigenvalue weighted by molar-refractivity contribution is 7.26. The Morgan fingerprint density at radius 2 is 0.873 bits per heavy atom. The zero-order chi connectivity index (χ0) is 41.4. The van der Waals surface area contributed by atoms with Crippen molar-refractivity contribution in [3.8, 4) is 56.7 Å². The minimum Gasteiger partial charge on any atom is -0.309 e. The number of hydrogen-bond donors (Lipinski definition) is 0. The van der Waals surface area contributed by atoms with Crippen molar-refractivity contribution in [2.45, 2.75) is 0 Å². The molecule has 0 radical (unpaired) electrons. The van der Waals surface area contributed by atoms with Crippen LogP contribution in [0, 0.1) is 0 Å². The molecule has 0 bridgehead atoms. The summed E-state index contributed by atoms with van der Waals surface area (Å²) in [6, 6.07) is 75.6. The van der Waals surface area contributed by atoms with E-state index < -0.39 is 0 Å². The average Bonchev–Trinajstić information content (AvgIpc) is 4.03. The van der Waals surface area contributed by atoms with Gasteiger partial charge in [0, 0.05) is 69.7 Å². The molecule has 9 aromatic carbocycles. The van der Waals surface area contributed by atoms with E-state index in [1.54, 1.807) is 11.3 Å². The third kappa shape index (κ3) is 5.52. The fourth-order valence-electron chi connectivity index (χ4n) is 9.64. The molecule has 4 heterocycles. The highest BCUT2D eigenvalue weighted by Crippen LogP contribution is 2.49. The van der Waals surface area contributed by atoms with Crippen molar-refractivity contribution in [1.82, 2.24) is 24.1 Å². The van der Waals surface area contributed by atoms with E-state index >= 15 is 0 Å². The summed E-state index contributed by atoms with van der Waals surface area (Å²) >= 11 is 1.80. The summed E-state index contributed by atoms with van der Waals surface area (Å²) in [6.45, 7) is 0. The molecule has 4 aromatic heterocycles. The maximum atomic E-state index is 5.23. The zero-order valence-electron chi connectivity index (χ0n) is 33.9. The number of nitrogens with zero attached hydrogens (tertiary/aromatic N) is 5. The SMILES string of the molecule is c1ccc(-c2nc(-c3ccccc3)nc(-c3ccc(-n4c5ccccc5c5c4c(-c4ccccc4)cc4c6ccccc6n(-c6ccccc6)c45)c4c3sc3ccccc34)n2)cc1. The Labute approximate surface area is 366 Å². The van der Waals surface area contributed by atoms with E-state index in [0.29, 0.717) is 17.5 Å². The first kappa shape index (κ1) is 35.6. The summed E-state index contributed by atoms with van der Waals surface area (Å²) in [5.41, 5.74) is 12.1. The first-order chi connectivity index (χ1) is 31.3. The maximum Gasteiger partial charge on any atom is 0.165 e. The second-order valence-corrected chi connectivity index (χ2v) is 17.0. The molecule has 6 heteroatoms. The van der Waals surface area contributed by atoms with Gasteiger partial charge in [0.05, 0.1) is 27.8 Å². The summed E-state index contributed by atoms with van der Waals surface area (Å²) in [4.78, 5) is 15.5. The van der Waals surface area contributed by atoms with E-state index in [0.717, 1.165) is 43.8 Å². The molecule has 0 aliphatic rings. The number of thiophene rings is 1. The second kappa shape index (κ2) is 14.2. The van der Waals surface area contributed by atoms with Gasteiger partial charge in [-0.1, -0.05) is 164 Å². The van der Waals surface area contributed by atoms with Crippen molar-refractivity contribution >= 4 is 75.1 Å². The Balaban J connectivity index is 1.18. The largest absolute Gasteiger partial charge is 0.309 e. The molecule has 0 spiro atoms. The van der Waals surface area contributed by atoms with Gasteiger partial charge in [-0.2, -0.15) is 0 Å². The Hall–Kier alpha value is -8.19. The van der Waals surface area contributed by atoms with Crippen LogP contribution in [0.25, 0.3) is 120 Å². The topological polar surface area (TPSA) is 48.5 Å². The van der Waals surface area contributed by atoms with Gasteiger partial charge in [0.15, 0.2) is 17.5 Å². The van der Waals surface area contributed by atoms with E-state index in [9.17, 15) is 0 Å². The third-order valence-corrected chi connectivity index (χ3v) is 13.6. The van der Waals surface area contributed by atoms with Gasteiger partial charge in [0.25, 0.3) is 0 Å². The molecule has 0 atom stereocenters. The molecule has 0 aliphatic heterocycles. The normalized spacial score (nSPS) is 11.8. The standard InChI is InChI=1S/C57H35N5S/c1-5-19-36(20-6-1)44-35-45-40-27-13-16-30-46(40)61(39-25-11-4-12-26-39)53(45)51-41-28-14-17-31-47(41)62(52(44)51)48-34-33-43(54-50(48)42-29-15-18-32-49(42)63-54)57-59-55(37-21-7-2-8-22-37)58-56(60-57)38-23-9-3-10-24-38/h1-35H. The smallest absolute Gasteiger partial charge is 0.165 e. The lowest BCUT2D eigenvalue weighted by atomic mass is 9.98. The van der Waals surface area contributed by atoms with Gasteiger partial charge in [-0.15, -0.1) is 11.3 Å². The quantitative estimate of drug-likeness (QED) is 0.168. The Kier molecular flexibility index (Phi) is 8.01. The lowest BCUT2D eigenvalue weighted by molar-refractivity contribution is 1.08. The minimum absolute atomic E-state index is 0.644. The van der Waals surface area contributed by atoms with E-state index in [-0.39, 0.29) is 0 Å². The molecule has 13 rings (SSSR count). The van der Waals surface area contributed by atoms with Crippen LogP contribution in [0.5, 0.6) is 0 Å². The number of hydrogen-bond acceptors (Lipinski definition) is 4. The van der Waals surface area contributed by atoms with E-state index in [1.807, 2.05) is 36.4 Å². The van der Waals surface area contributed by atoms with Crippen molar-refractivity contribution in [2.24, 2.45) is 0 Å². The molecule has 0 amide bonds. The molecule has 63 heavy (non-hydrogen) atoms. The van der Waals surface area contributed by atoms with Crippen LogP contribution < -0.4 is 0 Å². The van der Waals surface area contributed by atoms with Gasteiger partial charge < -0.3 is 9.13 Å². The van der Waals surface area contributed by atoms with Crippen LogP contribution in [0.1, 0.15) is 0 Å². The lowest BCUT2D eigenvalue weighted by Crippen LogP contribution is -2.01. The van der Waals surface area contributed by atoms with Crippen molar-refractivity contribution in [3.05, 3.63) is 212 Å². The van der Waals surface area contributed by atoms with Crippen molar-refractivity contribution in [3.63, 3.8) is 0 Å². The van der Waals surface area contributed by atoms with Gasteiger partial charge in [-0.25, -0.2) is 15.0 Å². The Morgan fingerprint density at radius 1 is 0.349 bits per heavy atom. The monoisotopic (exact) mass is 821 g/mol. The highest BCUT2D eigenvalue weighted by atomic mass is 32.1. The average molecular weight is 822 g/mol. The molecular weight excluding hydrogens is 787 g/mol. The molecule has 294 valence electrons. The summed E-state index contributed by atoms with van der Waals surface area (Å²) in [5, 5.41) is 7.23. The number of aromatic nitrogens is 5. The van der Waals surface area contributed by atoms with Crippen LogP contribution in [-0.4, -0.2) is 24.1 Å². The van der Waals surface area contributed by atoms with Crippen LogP contribution in [0.15, 0.2) is 212 Å². The fraction of sp³-hybridized carbons (Fsp3) is 0. The summed E-state index contributed by atoms with van der Waals surface area (Å²) < 4.78 is 7.33. The first-order valence-electron chi connectivity index (χ1n) is 21.2. The summed E-state index contributed by atoms with van der Waals surface area (Å²) in [5.74, 6) is 1.93. The van der Waals surface area contributed by atoms with E-state index in [2.05, 4.69) is 185 Å². The van der Waals surface area contributed by atoms with Gasteiger partial charge in [-0.3, -0.25) is 0 Å². The number of fused-ring (bicyclic) bond motifs is 10. The Morgan fingerprint density at radius 3 is 1.54 bits per heavy atom. The molecule has 0 saturated carbocycles. The lowest BCUT2D eigenvalue weighted by Gasteiger charge is -2.16. The van der Waals surface area contributed by atoms with E-state index in [1.165, 1.54) is 59.2 Å². The van der Waals surface area contributed by atoms with Crippen molar-refractivity contribution in [1.29, 1.82) is 0 Å². The number of benzene rings is 9. The van der Waals surface area contributed by atoms with Gasteiger partial charge in [-0.05, 0) is 54.1 Å². The highest BCUT2D eigenvalue weighted by Gasteiger charge is 2.27. The molecule has 0 fully saturated rings. The third-order valence-electron chi connectivity index (χ3n) is 12.4. The molecule has 0 unspecified atom stereocenters. The maximum absolute atomic E-state index is 5.23. The van der Waals surface area contributed by atoms with Crippen molar-refractivity contribution < 1.29 is 0 Å². The minimum atomic E-state index is 0.644. The van der Waals surface area contributed by atoms with Gasteiger partial charge in [0.2, 0.25) is 0 Å². The predicted octanol–water partition coefficient (Wildman–Crippen LogP) is 15.1. The van der Waals surface area contributed by atoms with Crippen LogP contribution in [0.2, 0.25) is 0 Å². The van der Waals surface area contributed by atoms with E-state index in [4.69, 9.17) is 15.0 Å². The zero-order valence-corrected chi connectivity index (χ0v) is 34.7. The molecule has 13 aromatic rings. The van der Waals surface area contributed by atoms with Crippen LogP contribution >= 0.6 is 11.3 Å². The van der Waals surface area contributed by atoms with Crippen LogP contribution in [0.4, 0.5) is 0 Å². The van der Waals surface area contributed by atoms with Gasteiger partial charge >= 0.3 is 0 Å². The Bertz CT molecular complexity index is 3830. The van der Waals surface area contributed by atoms with Crippen LogP contribution in [-0.2, 0) is 0 Å².